The van der Waals surface area contributed by atoms with Gasteiger partial charge in [-0.2, -0.15) is 5.26 Å². The van der Waals surface area contributed by atoms with Gasteiger partial charge in [0.25, 0.3) is 0 Å². The molecule has 5 nitrogen and oxygen atoms in total. The molecule has 0 unspecified atom stereocenters. The van der Waals surface area contributed by atoms with Gasteiger partial charge in [0.05, 0.1) is 6.07 Å². The zero-order valence-electron chi connectivity index (χ0n) is 12.2. The van der Waals surface area contributed by atoms with Crippen LogP contribution in [0.3, 0.4) is 0 Å². The van der Waals surface area contributed by atoms with Crippen LogP contribution in [0.1, 0.15) is 52.9 Å². The van der Waals surface area contributed by atoms with E-state index in [9.17, 15) is 4.79 Å². The highest BCUT2D eigenvalue weighted by atomic mass is 16.6. The van der Waals surface area contributed by atoms with Gasteiger partial charge in [-0.1, -0.05) is 0 Å². The fraction of sp³-hybridized carbons (Fsp3) is 0.857. The molecule has 0 heterocycles. The van der Waals surface area contributed by atoms with Crippen molar-refractivity contribution in [3.05, 3.63) is 0 Å². The van der Waals surface area contributed by atoms with Crippen LogP contribution in [0.2, 0.25) is 0 Å². The van der Waals surface area contributed by atoms with Crippen molar-refractivity contribution in [3.8, 4) is 6.07 Å². The van der Waals surface area contributed by atoms with Gasteiger partial charge in [-0.25, -0.2) is 4.79 Å². The minimum atomic E-state index is -0.444. The molecule has 1 aliphatic rings. The molecule has 0 radical (unpaired) electrons. The first-order valence-corrected chi connectivity index (χ1v) is 7.00. The molecule has 1 aliphatic carbocycles. The molecule has 0 aliphatic heterocycles. The first-order valence-electron chi connectivity index (χ1n) is 7.00. The Bertz CT molecular complexity index is 323. The Morgan fingerprint density at radius 2 is 1.84 bits per heavy atom. The highest BCUT2D eigenvalue weighted by molar-refractivity contribution is 5.68. The van der Waals surface area contributed by atoms with Crippen LogP contribution in [0.4, 0.5) is 4.79 Å². The molecular weight excluding hydrogens is 242 g/mol. The summed E-state index contributed by atoms with van der Waals surface area (Å²) in [6, 6.07) is 2.82. The van der Waals surface area contributed by atoms with Gasteiger partial charge in [0.1, 0.15) is 5.60 Å². The molecule has 0 spiro atoms. The number of rotatable bonds is 4. The lowest BCUT2D eigenvalue weighted by Crippen LogP contribution is -2.44. The fourth-order valence-corrected chi connectivity index (χ4v) is 2.25. The number of hydrogen-bond acceptors (Lipinski definition) is 4. The molecule has 1 amide bonds. The van der Waals surface area contributed by atoms with Gasteiger partial charge in [-0.05, 0) is 46.5 Å². The Hall–Kier alpha value is -1.28. The van der Waals surface area contributed by atoms with E-state index in [2.05, 4.69) is 16.7 Å². The van der Waals surface area contributed by atoms with Gasteiger partial charge in [-0.15, -0.1) is 0 Å². The number of ether oxygens (including phenoxy) is 1. The van der Waals surface area contributed by atoms with Crippen molar-refractivity contribution in [1.82, 2.24) is 10.6 Å². The number of nitriles is 1. The maximum atomic E-state index is 11.6. The van der Waals surface area contributed by atoms with Crippen LogP contribution in [-0.2, 0) is 4.74 Å². The molecule has 0 atom stereocenters. The largest absolute Gasteiger partial charge is 0.444 e. The first kappa shape index (κ1) is 15.8. The third-order valence-corrected chi connectivity index (χ3v) is 3.12. The predicted octanol–water partition coefficient (Wildman–Crippen LogP) is 2.33. The van der Waals surface area contributed by atoms with E-state index in [1.165, 1.54) is 0 Å². The van der Waals surface area contributed by atoms with Gasteiger partial charge in [-0.3, -0.25) is 0 Å². The second kappa shape index (κ2) is 7.34. The van der Waals surface area contributed by atoms with Crippen LogP contribution in [0.5, 0.6) is 0 Å². The molecule has 1 rings (SSSR count). The minimum Gasteiger partial charge on any atom is -0.444 e. The van der Waals surface area contributed by atoms with Crippen LogP contribution in [0.25, 0.3) is 0 Å². The molecule has 108 valence electrons. The summed E-state index contributed by atoms with van der Waals surface area (Å²) in [4.78, 5) is 11.6. The van der Waals surface area contributed by atoms with Crippen LogP contribution in [0.15, 0.2) is 0 Å². The number of nitrogens with zero attached hydrogens (tertiary/aromatic N) is 1. The topological polar surface area (TPSA) is 74.2 Å². The zero-order valence-corrected chi connectivity index (χ0v) is 12.2. The van der Waals surface area contributed by atoms with E-state index in [-0.39, 0.29) is 12.1 Å². The highest BCUT2D eigenvalue weighted by Gasteiger charge is 2.24. The molecule has 0 aromatic rings. The smallest absolute Gasteiger partial charge is 0.407 e. The van der Waals surface area contributed by atoms with Crippen LogP contribution in [-0.4, -0.2) is 30.3 Å². The van der Waals surface area contributed by atoms with Crippen LogP contribution < -0.4 is 10.6 Å². The van der Waals surface area contributed by atoms with Crippen molar-refractivity contribution in [2.75, 3.05) is 6.54 Å². The summed E-state index contributed by atoms with van der Waals surface area (Å²) in [5.41, 5.74) is -0.444. The average molecular weight is 267 g/mol. The van der Waals surface area contributed by atoms with E-state index in [0.717, 1.165) is 32.2 Å². The van der Waals surface area contributed by atoms with Crippen molar-refractivity contribution in [3.63, 3.8) is 0 Å². The van der Waals surface area contributed by atoms with Crippen molar-refractivity contribution < 1.29 is 9.53 Å². The third-order valence-electron chi connectivity index (χ3n) is 3.12. The molecule has 1 saturated carbocycles. The number of nitrogens with one attached hydrogen (secondary N) is 2. The molecule has 19 heavy (non-hydrogen) atoms. The Labute approximate surface area is 115 Å². The second-order valence-electron chi connectivity index (χ2n) is 6.06. The van der Waals surface area contributed by atoms with E-state index in [1.54, 1.807) is 0 Å². The Morgan fingerprint density at radius 3 is 2.37 bits per heavy atom. The van der Waals surface area contributed by atoms with Crippen LogP contribution >= 0.6 is 0 Å². The summed E-state index contributed by atoms with van der Waals surface area (Å²) in [6.07, 6.45) is 4.22. The summed E-state index contributed by atoms with van der Waals surface area (Å²) in [5.74, 6) is 0. The normalized spacial score (nSPS) is 23.5. The maximum Gasteiger partial charge on any atom is 0.407 e. The third kappa shape index (κ3) is 7.02. The van der Waals surface area contributed by atoms with Crippen molar-refractivity contribution in [1.29, 1.82) is 5.26 Å². The Morgan fingerprint density at radius 1 is 1.26 bits per heavy atom. The first-order chi connectivity index (χ1) is 8.90. The number of hydrogen-bond donors (Lipinski definition) is 2. The zero-order chi connectivity index (χ0) is 14.3. The Kier molecular flexibility index (Phi) is 6.10. The standard InChI is InChI=1S/C14H25N3O2/c1-14(2,3)19-13(18)17-12-7-5-11(6-8-12)16-10-4-9-15/h11-12,16H,4-8,10H2,1-3H3,(H,17,18). The SMILES string of the molecule is CC(C)(C)OC(=O)NC1CCC(NCCC#N)CC1. The van der Waals surface area contributed by atoms with Gasteiger partial charge in [0, 0.05) is 25.0 Å². The summed E-state index contributed by atoms with van der Waals surface area (Å²) < 4.78 is 5.25. The molecule has 5 heteroatoms. The molecule has 0 aromatic heterocycles. The maximum absolute atomic E-state index is 11.6. The summed E-state index contributed by atoms with van der Waals surface area (Å²) in [7, 11) is 0. The Balaban J connectivity index is 2.20. The number of alkyl carbamates (subject to hydrolysis) is 1. The van der Waals surface area contributed by atoms with Crippen molar-refractivity contribution in [2.24, 2.45) is 0 Å². The van der Waals surface area contributed by atoms with E-state index in [1.807, 2.05) is 20.8 Å². The molecule has 0 saturated heterocycles. The van der Waals surface area contributed by atoms with Gasteiger partial charge in [0.15, 0.2) is 0 Å². The lowest BCUT2D eigenvalue weighted by molar-refractivity contribution is 0.0490. The molecule has 2 N–H and O–H groups in total. The lowest BCUT2D eigenvalue weighted by Gasteiger charge is -2.30. The lowest BCUT2D eigenvalue weighted by atomic mass is 9.91. The molecule has 0 aromatic carbocycles. The molecule has 1 fully saturated rings. The number of carbonyl (C=O) groups is 1. The van der Waals surface area contributed by atoms with E-state index < -0.39 is 5.60 Å². The van der Waals surface area contributed by atoms with Gasteiger partial charge in [0.2, 0.25) is 0 Å². The van der Waals surface area contributed by atoms with Gasteiger partial charge < -0.3 is 15.4 Å². The number of carbonyl (C=O) groups excluding carboxylic acids is 1. The van der Waals surface area contributed by atoms with E-state index >= 15 is 0 Å². The average Bonchev–Trinajstić information content (AvgIpc) is 2.29. The van der Waals surface area contributed by atoms with E-state index in [4.69, 9.17) is 10.00 Å². The van der Waals surface area contributed by atoms with Crippen molar-refractivity contribution in [2.45, 2.75) is 70.6 Å². The van der Waals surface area contributed by atoms with Crippen molar-refractivity contribution >= 4 is 6.09 Å². The second-order valence-corrected chi connectivity index (χ2v) is 6.06. The minimum absolute atomic E-state index is 0.212. The van der Waals surface area contributed by atoms with Gasteiger partial charge >= 0.3 is 6.09 Å². The number of amides is 1. The summed E-state index contributed by atoms with van der Waals surface area (Å²) in [6.45, 7) is 6.35. The van der Waals surface area contributed by atoms with E-state index in [0.29, 0.717) is 12.5 Å². The summed E-state index contributed by atoms with van der Waals surface area (Å²) >= 11 is 0. The van der Waals surface area contributed by atoms with Crippen LogP contribution in [0, 0.1) is 11.3 Å². The molecular formula is C14H25N3O2. The summed E-state index contributed by atoms with van der Waals surface area (Å²) in [5, 5.41) is 14.8. The quantitative estimate of drug-likeness (QED) is 0.767. The monoisotopic (exact) mass is 267 g/mol. The highest BCUT2D eigenvalue weighted by Crippen LogP contribution is 2.19. The predicted molar refractivity (Wildman–Crippen MR) is 73.6 cm³/mol. The molecule has 0 bridgehead atoms. The fourth-order valence-electron chi connectivity index (χ4n) is 2.25.